The molecular formula is C15H14N2O. The van der Waals surface area contributed by atoms with E-state index in [1.807, 2.05) is 25.1 Å². The summed E-state index contributed by atoms with van der Waals surface area (Å²) in [5.41, 5.74) is 7.51. The smallest absolute Gasteiger partial charge is 0.243 e. The molecule has 0 unspecified atom stereocenters. The summed E-state index contributed by atoms with van der Waals surface area (Å²) in [7, 11) is 0. The zero-order valence-electron chi connectivity index (χ0n) is 10.1. The number of carbonyl (C=O) groups is 1. The zero-order valence-corrected chi connectivity index (χ0v) is 10.1. The standard InChI is InChI=1S/C15H14N2O/c1-9-13(14(17-9)15(16)18)12-8-4-6-10-5-2-3-7-11(10)12/h2-8,13-14H,1H3,(H2,16,18)/t13-,14-/m1/s1. The summed E-state index contributed by atoms with van der Waals surface area (Å²) in [5, 5.41) is 2.35. The second kappa shape index (κ2) is 3.95. The highest BCUT2D eigenvalue weighted by Crippen LogP contribution is 2.35. The number of amides is 1. The molecule has 0 aromatic heterocycles. The molecule has 3 rings (SSSR count). The van der Waals surface area contributed by atoms with E-state index < -0.39 is 6.04 Å². The predicted molar refractivity (Wildman–Crippen MR) is 72.8 cm³/mol. The SMILES string of the molecule is CC1=N[C@@H](C(N)=O)[C@H]1c1cccc2ccccc12. The van der Waals surface area contributed by atoms with Crippen molar-refractivity contribution >= 4 is 22.4 Å². The summed E-state index contributed by atoms with van der Waals surface area (Å²) >= 11 is 0. The van der Waals surface area contributed by atoms with Gasteiger partial charge in [0.1, 0.15) is 6.04 Å². The van der Waals surface area contributed by atoms with Gasteiger partial charge in [0.15, 0.2) is 0 Å². The molecule has 2 N–H and O–H groups in total. The number of nitrogens with two attached hydrogens (primary N) is 1. The molecule has 0 aliphatic carbocycles. The molecule has 0 spiro atoms. The lowest BCUT2D eigenvalue weighted by atomic mass is 9.80. The van der Waals surface area contributed by atoms with Gasteiger partial charge in [-0.2, -0.15) is 0 Å². The minimum absolute atomic E-state index is 0.0357. The Bertz CT molecular complexity index is 655. The van der Waals surface area contributed by atoms with E-state index in [9.17, 15) is 4.79 Å². The minimum atomic E-state index is -0.407. The van der Waals surface area contributed by atoms with Crippen molar-refractivity contribution in [2.45, 2.75) is 18.9 Å². The van der Waals surface area contributed by atoms with Crippen LogP contribution in [0.2, 0.25) is 0 Å². The van der Waals surface area contributed by atoms with Gasteiger partial charge < -0.3 is 5.73 Å². The quantitative estimate of drug-likeness (QED) is 0.857. The number of fused-ring (bicyclic) bond motifs is 1. The summed E-state index contributed by atoms with van der Waals surface area (Å²) in [6, 6.07) is 13.9. The fourth-order valence-corrected chi connectivity index (χ4v) is 2.67. The molecule has 2 atom stereocenters. The van der Waals surface area contributed by atoms with Crippen LogP contribution in [0.3, 0.4) is 0 Å². The Hall–Kier alpha value is -2.16. The molecule has 0 saturated heterocycles. The highest BCUT2D eigenvalue weighted by Gasteiger charge is 2.37. The second-order valence-electron chi connectivity index (χ2n) is 4.66. The second-order valence-corrected chi connectivity index (χ2v) is 4.66. The number of primary amides is 1. The molecule has 90 valence electrons. The molecular weight excluding hydrogens is 224 g/mol. The lowest BCUT2D eigenvalue weighted by molar-refractivity contribution is -0.119. The molecule has 0 bridgehead atoms. The topological polar surface area (TPSA) is 55.4 Å². The van der Waals surface area contributed by atoms with E-state index in [0.717, 1.165) is 11.3 Å². The average molecular weight is 238 g/mol. The van der Waals surface area contributed by atoms with E-state index in [1.54, 1.807) is 0 Å². The molecule has 2 aromatic carbocycles. The van der Waals surface area contributed by atoms with Gasteiger partial charge in [-0.05, 0) is 23.3 Å². The van der Waals surface area contributed by atoms with Crippen molar-refractivity contribution in [2.24, 2.45) is 10.7 Å². The fourth-order valence-electron chi connectivity index (χ4n) is 2.67. The van der Waals surface area contributed by atoms with Crippen LogP contribution in [0.4, 0.5) is 0 Å². The highest BCUT2D eigenvalue weighted by molar-refractivity contribution is 6.05. The van der Waals surface area contributed by atoms with E-state index in [4.69, 9.17) is 5.73 Å². The lowest BCUT2D eigenvalue weighted by Crippen LogP contribution is -2.43. The van der Waals surface area contributed by atoms with Crippen LogP contribution in [0.15, 0.2) is 47.5 Å². The first kappa shape index (κ1) is 11.0. The molecule has 0 saturated carbocycles. The number of carbonyl (C=O) groups excluding carboxylic acids is 1. The molecule has 0 fully saturated rings. The number of hydrogen-bond acceptors (Lipinski definition) is 2. The van der Waals surface area contributed by atoms with Gasteiger partial charge in [0, 0.05) is 5.71 Å². The van der Waals surface area contributed by atoms with Gasteiger partial charge in [0.2, 0.25) is 5.91 Å². The normalized spacial score (nSPS) is 22.4. The van der Waals surface area contributed by atoms with E-state index in [0.29, 0.717) is 0 Å². The molecule has 3 nitrogen and oxygen atoms in total. The van der Waals surface area contributed by atoms with E-state index in [2.05, 4.69) is 29.3 Å². The van der Waals surface area contributed by atoms with Gasteiger partial charge in [0.05, 0.1) is 5.92 Å². The van der Waals surface area contributed by atoms with Crippen LogP contribution in [0, 0.1) is 0 Å². The number of hydrogen-bond donors (Lipinski definition) is 1. The molecule has 0 radical (unpaired) electrons. The average Bonchev–Trinajstić information content (AvgIpc) is 2.36. The molecule has 2 aromatic rings. The first-order chi connectivity index (χ1) is 8.68. The Kier molecular flexibility index (Phi) is 2.40. The zero-order chi connectivity index (χ0) is 12.7. The number of benzene rings is 2. The predicted octanol–water partition coefficient (Wildman–Crippen LogP) is 2.25. The first-order valence-electron chi connectivity index (χ1n) is 6.00. The summed E-state index contributed by atoms with van der Waals surface area (Å²) < 4.78 is 0. The Morgan fingerprint density at radius 1 is 1.17 bits per heavy atom. The molecule has 3 heteroatoms. The van der Waals surface area contributed by atoms with Gasteiger partial charge in [0.25, 0.3) is 0 Å². The van der Waals surface area contributed by atoms with E-state index >= 15 is 0 Å². The van der Waals surface area contributed by atoms with Crippen molar-refractivity contribution in [3.63, 3.8) is 0 Å². The molecule has 1 aliphatic heterocycles. The highest BCUT2D eigenvalue weighted by atomic mass is 16.1. The summed E-state index contributed by atoms with van der Waals surface area (Å²) in [5.74, 6) is -0.313. The van der Waals surface area contributed by atoms with Crippen LogP contribution in [-0.2, 0) is 4.79 Å². The van der Waals surface area contributed by atoms with E-state index in [1.165, 1.54) is 10.8 Å². The Morgan fingerprint density at radius 2 is 1.89 bits per heavy atom. The van der Waals surface area contributed by atoms with Gasteiger partial charge in [-0.3, -0.25) is 9.79 Å². The lowest BCUT2D eigenvalue weighted by Gasteiger charge is -2.32. The largest absolute Gasteiger partial charge is 0.368 e. The van der Waals surface area contributed by atoms with Crippen LogP contribution in [0.5, 0.6) is 0 Å². The van der Waals surface area contributed by atoms with Gasteiger partial charge in [-0.15, -0.1) is 0 Å². The number of aliphatic imine (C=N–C) groups is 1. The van der Waals surface area contributed by atoms with Crippen LogP contribution in [0.25, 0.3) is 10.8 Å². The summed E-state index contributed by atoms with van der Waals surface area (Å²) in [6.45, 7) is 1.95. The Morgan fingerprint density at radius 3 is 2.61 bits per heavy atom. The van der Waals surface area contributed by atoms with Crippen molar-refractivity contribution in [2.75, 3.05) is 0 Å². The van der Waals surface area contributed by atoms with Crippen LogP contribution in [0.1, 0.15) is 18.4 Å². The van der Waals surface area contributed by atoms with Gasteiger partial charge >= 0.3 is 0 Å². The van der Waals surface area contributed by atoms with E-state index in [-0.39, 0.29) is 11.8 Å². The minimum Gasteiger partial charge on any atom is -0.368 e. The molecule has 1 amide bonds. The molecule has 1 heterocycles. The van der Waals surface area contributed by atoms with Crippen LogP contribution < -0.4 is 5.73 Å². The third-order valence-corrected chi connectivity index (χ3v) is 3.56. The van der Waals surface area contributed by atoms with Crippen LogP contribution >= 0.6 is 0 Å². The maximum Gasteiger partial charge on any atom is 0.243 e. The third kappa shape index (κ3) is 1.51. The Balaban J connectivity index is 2.16. The number of nitrogens with zero attached hydrogens (tertiary/aromatic N) is 1. The maximum atomic E-state index is 11.4. The van der Waals surface area contributed by atoms with Crippen molar-refractivity contribution in [1.29, 1.82) is 0 Å². The fraction of sp³-hybridized carbons (Fsp3) is 0.200. The first-order valence-corrected chi connectivity index (χ1v) is 6.00. The maximum absolute atomic E-state index is 11.4. The van der Waals surface area contributed by atoms with Crippen molar-refractivity contribution < 1.29 is 4.79 Å². The summed E-state index contributed by atoms with van der Waals surface area (Å²) in [4.78, 5) is 15.6. The van der Waals surface area contributed by atoms with Gasteiger partial charge in [-0.1, -0.05) is 42.5 Å². The third-order valence-electron chi connectivity index (χ3n) is 3.56. The van der Waals surface area contributed by atoms with Crippen molar-refractivity contribution in [3.05, 3.63) is 48.0 Å². The van der Waals surface area contributed by atoms with Crippen LogP contribution in [-0.4, -0.2) is 17.7 Å². The Labute approximate surface area is 105 Å². The van der Waals surface area contributed by atoms with Crippen molar-refractivity contribution in [3.8, 4) is 0 Å². The van der Waals surface area contributed by atoms with Gasteiger partial charge in [-0.25, -0.2) is 0 Å². The monoisotopic (exact) mass is 238 g/mol. The number of rotatable bonds is 2. The molecule has 1 aliphatic rings. The molecule has 18 heavy (non-hydrogen) atoms. The van der Waals surface area contributed by atoms with Crippen molar-refractivity contribution in [1.82, 2.24) is 0 Å². The summed E-state index contributed by atoms with van der Waals surface area (Å²) in [6.07, 6.45) is 0.